The summed E-state index contributed by atoms with van der Waals surface area (Å²) in [7, 11) is 3.23. The van der Waals surface area contributed by atoms with Gasteiger partial charge in [-0.1, -0.05) is 19.1 Å². The van der Waals surface area contributed by atoms with Gasteiger partial charge in [-0.3, -0.25) is 9.36 Å². The van der Waals surface area contributed by atoms with Crippen molar-refractivity contribution in [2.24, 2.45) is 11.7 Å². The molecular formula is C18H23N5O3. The molecular weight excluding hydrogens is 334 g/mol. The number of methoxy groups -OCH3 is 2. The molecule has 1 aliphatic carbocycles. The lowest BCUT2D eigenvalue weighted by atomic mass is 9.91. The minimum atomic E-state index is -0.616. The van der Waals surface area contributed by atoms with Gasteiger partial charge in [-0.05, 0) is 12.5 Å². The van der Waals surface area contributed by atoms with Crippen molar-refractivity contribution in [3.8, 4) is 0 Å². The van der Waals surface area contributed by atoms with Gasteiger partial charge in [0.05, 0.1) is 17.1 Å². The third-order valence-electron chi connectivity index (χ3n) is 4.69. The topological polar surface area (TPSA) is 118 Å². The van der Waals surface area contributed by atoms with E-state index in [9.17, 15) is 4.79 Å². The van der Waals surface area contributed by atoms with E-state index in [1.165, 1.54) is 0 Å². The van der Waals surface area contributed by atoms with Crippen LogP contribution in [0, 0.1) is 5.92 Å². The Morgan fingerprint density at radius 3 is 2.73 bits per heavy atom. The molecule has 0 bridgehead atoms. The highest BCUT2D eigenvalue weighted by Crippen LogP contribution is 2.37. The van der Waals surface area contributed by atoms with E-state index in [1.807, 2.05) is 26.0 Å². The SMILES string of the molecule is COCc1ncc2c(C(N)=O)c(N)n(C3=C(C)C=CC(OC)C3C)c2n1. The molecule has 2 atom stereocenters. The monoisotopic (exact) mass is 357 g/mol. The number of amides is 1. The van der Waals surface area contributed by atoms with Crippen LogP contribution in [0.2, 0.25) is 0 Å². The predicted octanol–water partition coefficient (Wildman–Crippen LogP) is 1.71. The number of aromatic nitrogens is 3. The van der Waals surface area contributed by atoms with Gasteiger partial charge in [0.2, 0.25) is 0 Å². The van der Waals surface area contributed by atoms with Gasteiger partial charge in [0.1, 0.15) is 12.4 Å². The van der Waals surface area contributed by atoms with E-state index in [4.69, 9.17) is 20.9 Å². The standard InChI is InChI=1S/C18H23N5O3/c1-9-5-6-12(26-4)10(2)15(9)23-16(19)14(17(20)24)11-7-21-13(8-25-3)22-18(11)23/h5-7,10,12H,8,19H2,1-4H3,(H2,20,24). The van der Waals surface area contributed by atoms with Crippen molar-refractivity contribution >= 4 is 28.5 Å². The van der Waals surface area contributed by atoms with Crippen LogP contribution in [0.5, 0.6) is 0 Å². The number of allylic oxidation sites excluding steroid dienone is 2. The van der Waals surface area contributed by atoms with Crippen molar-refractivity contribution in [1.29, 1.82) is 0 Å². The van der Waals surface area contributed by atoms with Gasteiger partial charge in [0.15, 0.2) is 11.5 Å². The Hall–Kier alpha value is -2.71. The number of carbonyl (C=O) groups excluding carboxylic acids is 1. The molecule has 2 aromatic rings. The van der Waals surface area contributed by atoms with E-state index >= 15 is 0 Å². The predicted molar refractivity (Wildman–Crippen MR) is 99.2 cm³/mol. The Kier molecular flexibility index (Phi) is 4.80. The number of anilines is 1. The average Bonchev–Trinajstić information content (AvgIpc) is 2.87. The Morgan fingerprint density at radius 2 is 2.12 bits per heavy atom. The smallest absolute Gasteiger partial charge is 0.253 e. The van der Waals surface area contributed by atoms with Crippen LogP contribution in [0.3, 0.4) is 0 Å². The molecule has 0 aliphatic heterocycles. The molecule has 1 aliphatic rings. The zero-order valence-electron chi connectivity index (χ0n) is 15.3. The zero-order valence-corrected chi connectivity index (χ0v) is 15.3. The number of ether oxygens (including phenoxy) is 2. The number of hydrogen-bond donors (Lipinski definition) is 2. The maximum Gasteiger partial charge on any atom is 0.253 e. The molecule has 138 valence electrons. The fraction of sp³-hybridized carbons (Fsp3) is 0.389. The van der Waals surface area contributed by atoms with Crippen LogP contribution >= 0.6 is 0 Å². The summed E-state index contributed by atoms with van der Waals surface area (Å²) in [6.07, 6.45) is 5.45. The summed E-state index contributed by atoms with van der Waals surface area (Å²) < 4.78 is 12.5. The van der Waals surface area contributed by atoms with E-state index in [0.29, 0.717) is 16.9 Å². The van der Waals surface area contributed by atoms with Crippen molar-refractivity contribution in [3.05, 3.63) is 35.3 Å². The molecule has 8 heteroatoms. The number of carbonyl (C=O) groups is 1. The summed E-state index contributed by atoms with van der Waals surface area (Å²) >= 11 is 0. The minimum Gasteiger partial charge on any atom is -0.384 e. The van der Waals surface area contributed by atoms with E-state index in [1.54, 1.807) is 25.0 Å². The second-order valence-corrected chi connectivity index (χ2v) is 6.33. The second kappa shape index (κ2) is 6.89. The van der Waals surface area contributed by atoms with Crippen molar-refractivity contribution < 1.29 is 14.3 Å². The number of nitrogens with two attached hydrogens (primary N) is 2. The van der Waals surface area contributed by atoms with Crippen LogP contribution in [0.4, 0.5) is 5.82 Å². The van der Waals surface area contributed by atoms with E-state index in [2.05, 4.69) is 9.97 Å². The summed E-state index contributed by atoms with van der Waals surface area (Å²) in [5, 5.41) is 0.519. The molecule has 0 spiro atoms. The van der Waals surface area contributed by atoms with Crippen LogP contribution in [0.1, 0.15) is 30.0 Å². The first-order chi connectivity index (χ1) is 12.4. The summed E-state index contributed by atoms with van der Waals surface area (Å²) in [4.78, 5) is 20.8. The highest BCUT2D eigenvalue weighted by atomic mass is 16.5. The van der Waals surface area contributed by atoms with Gasteiger partial charge in [0.25, 0.3) is 5.91 Å². The molecule has 26 heavy (non-hydrogen) atoms. The van der Waals surface area contributed by atoms with Crippen LogP contribution in [-0.2, 0) is 16.1 Å². The first-order valence-electron chi connectivity index (χ1n) is 8.27. The van der Waals surface area contributed by atoms with E-state index in [0.717, 1.165) is 11.3 Å². The lowest BCUT2D eigenvalue weighted by molar-refractivity contribution is 0.100. The number of hydrogen-bond acceptors (Lipinski definition) is 6. The van der Waals surface area contributed by atoms with Gasteiger partial charge in [-0.15, -0.1) is 0 Å². The lowest BCUT2D eigenvalue weighted by Crippen LogP contribution is -2.26. The molecule has 0 aromatic carbocycles. The van der Waals surface area contributed by atoms with Gasteiger partial charge in [-0.25, -0.2) is 9.97 Å². The maximum absolute atomic E-state index is 12.0. The highest BCUT2D eigenvalue weighted by molar-refractivity contribution is 6.11. The number of rotatable bonds is 5. The minimum absolute atomic E-state index is 0.00414. The van der Waals surface area contributed by atoms with E-state index in [-0.39, 0.29) is 30.0 Å². The number of nitrogen functional groups attached to an aromatic ring is 1. The molecule has 0 fully saturated rings. The normalized spacial score (nSPS) is 20.2. The highest BCUT2D eigenvalue weighted by Gasteiger charge is 2.30. The molecule has 0 saturated carbocycles. The van der Waals surface area contributed by atoms with Crippen molar-refractivity contribution in [2.75, 3.05) is 20.0 Å². The molecule has 3 rings (SSSR count). The van der Waals surface area contributed by atoms with Gasteiger partial charge >= 0.3 is 0 Å². The van der Waals surface area contributed by atoms with Gasteiger partial charge < -0.3 is 20.9 Å². The number of nitrogens with zero attached hydrogens (tertiary/aromatic N) is 3. The van der Waals surface area contributed by atoms with Gasteiger partial charge in [-0.2, -0.15) is 0 Å². The van der Waals surface area contributed by atoms with Crippen molar-refractivity contribution in [2.45, 2.75) is 26.6 Å². The average molecular weight is 357 g/mol. The Balaban J connectivity index is 2.34. The summed E-state index contributed by atoms with van der Waals surface area (Å²) in [6, 6.07) is 0. The fourth-order valence-corrected chi connectivity index (χ4v) is 3.49. The number of fused-ring (bicyclic) bond motifs is 1. The molecule has 2 aromatic heterocycles. The molecule has 4 N–H and O–H groups in total. The van der Waals surface area contributed by atoms with Crippen LogP contribution < -0.4 is 11.5 Å². The largest absolute Gasteiger partial charge is 0.384 e. The van der Waals surface area contributed by atoms with Crippen LogP contribution in [0.25, 0.3) is 16.7 Å². The molecule has 8 nitrogen and oxygen atoms in total. The first kappa shape index (κ1) is 18.1. The third kappa shape index (κ3) is 2.77. The zero-order chi connectivity index (χ0) is 19.0. The molecule has 0 saturated heterocycles. The molecule has 2 unspecified atom stereocenters. The van der Waals surface area contributed by atoms with Crippen LogP contribution in [0.15, 0.2) is 23.9 Å². The molecule has 0 radical (unpaired) electrons. The van der Waals surface area contributed by atoms with E-state index < -0.39 is 5.91 Å². The van der Waals surface area contributed by atoms with Crippen molar-refractivity contribution in [3.63, 3.8) is 0 Å². The van der Waals surface area contributed by atoms with Crippen LogP contribution in [-0.4, -0.2) is 40.8 Å². The molecule has 1 amide bonds. The summed E-state index contributed by atoms with van der Waals surface area (Å²) in [6.45, 7) is 4.28. The third-order valence-corrected chi connectivity index (χ3v) is 4.69. The Labute approximate surface area is 151 Å². The second-order valence-electron chi connectivity index (χ2n) is 6.33. The first-order valence-corrected chi connectivity index (χ1v) is 8.27. The Bertz CT molecular complexity index is 929. The Morgan fingerprint density at radius 1 is 1.38 bits per heavy atom. The fourth-order valence-electron chi connectivity index (χ4n) is 3.49. The maximum atomic E-state index is 12.0. The van der Waals surface area contributed by atoms with Gasteiger partial charge in [0, 0.05) is 32.0 Å². The van der Waals surface area contributed by atoms with Crippen molar-refractivity contribution in [1.82, 2.24) is 14.5 Å². The summed E-state index contributed by atoms with van der Waals surface area (Å²) in [5.41, 5.74) is 14.6. The lowest BCUT2D eigenvalue weighted by Gasteiger charge is -2.29. The quantitative estimate of drug-likeness (QED) is 0.841. The number of primary amides is 1. The molecule has 2 heterocycles. The summed E-state index contributed by atoms with van der Waals surface area (Å²) in [5.74, 6) is 0.136.